The molecule has 3 heterocycles. The van der Waals surface area contributed by atoms with E-state index in [0.717, 1.165) is 19.3 Å². The first kappa shape index (κ1) is 10.5. The molecule has 0 spiro atoms. The van der Waals surface area contributed by atoms with E-state index >= 15 is 0 Å². The van der Waals surface area contributed by atoms with Gasteiger partial charge in [0.1, 0.15) is 4.21 Å². The summed E-state index contributed by atoms with van der Waals surface area (Å²) in [6.07, 6.45) is 6.96. The second kappa shape index (κ2) is 3.68. The molecule has 2 atom stereocenters. The molecule has 2 unspecified atom stereocenters. The second-order valence-electron chi connectivity index (χ2n) is 4.23. The van der Waals surface area contributed by atoms with Crippen LogP contribution in [0.2, 0.25) is 0 Å². The maximum absolute atomic E-state index is 12.4. The number of sulfonamides is 1. The van der Waals surface area contributed by atoms with Crippen molar-refractivity contribution in [2.24, 2.45) is 0 Å². The number of hydrogen-bond donors (Lipinski definition) is 0. The van der Waals surface area contributed by atoms with Gasteiger partial charge >= 0.3 is 0 Å². The Balaban J connectivity index is 2.03. The minimum atomic E-state index is -3.25. The lowest BCUT2D eigenvalue weighted by Crippen LogP contribution is -2.41. The number of thiophene rings is 1. The van der Waals surface area contributed by atoms with Crippen molar-refractivity contribution in [3.05, 3.63) is 29.7 Å². The molecule has 0 saturated carbocycles. The van der Waals surface area contributed by atoms with Gasteiger partial charge in [0.25, 0.3) is 10.0 Å². The molecule has 3 nitrogen and oxygen atoms in total. The smallest absolute Gasteiger partial charge is 0.206 e. The van der Waals surface area contributed by atoms with E-state index in [9.17, 15) is 8.42 Å². The third kappa shape index (κ3) is 1.46. The Morgan fingerprint density at radius 1 is 1.38 bits per heavy atom. The molecule has 2 aliphatic heterocycles. The molecule has 3 rings (SSSR count). The highest BCUT2D eigenvalue weighted by Crippen LogP contribution is 2.37. The van der Waals surface area contributed by atoms with Crippen LogP contribution in [0.3, 0.4) is 0 Å². The standard InChI is InChI=1S/C11H13NO2S2/c13-16(14,11-5-2-8-15-11)12-9-3-1-4-10(12)7-6-9/h1-3,5,8-10H,4,6-7H2. The van der Waals surface area contributed by atoms with Crippen LogP contribution >= 0.6 is 11.3 Å². The summed E-state index contributed by atoms with van der Waals surface area (Å²) in [7, 11) is -3.25. The minimum Gasteiger partial charge on any atom is -0.206 e. The van der Waals surface area contributed by atoms with Gasteiger partial charge < -0.3 is 0 Å². The van der Waals surface area contributed by atoms with E-state index in [1.165, 1.54) is 11.3 Å². The van der Waals surface area contributed by atoms with Gasteiger partial charge in [0.05, 0.1) is 0 Å². The van der Waals surface area contributed by atoms with E-state index in [1.807, 2.05) is 11.5 Å². The van der Waals surface area contributed by atoms with Crippen molar-refractivity contribution >= 4 is 21.4 Å². The first-order valence-corrected chi connectivity index (χ1v) is 7.75. The van der Waals surface area contributed by atoms with Crippen molar-refractivity contribution in [2.45, 2.75) is 35.6 Å². The molecule has 2 aliphatic rings. The van der Waals surface area contributed by atoms with Crippen molar-refractivity contribution < 1.29 is 8.42 Å². The zero-order valence-electron chi connectivity index (χ0n) is 8.74. The molecule has 86 valence electrons. The van der Waals surface area contributed by atoms with Crippen LogP contribution < -0.4 is 0 Å². The average Bonchev–Trinajstić information content (AvgIpc) is 2.86. The van der Waals surface area contributed by atoms with E-state index in [-0.39, 0.29) is 12.1 Å². The lowest BCUT2D eigenvalue weighted by Gasteiger charge is -2.29. The molecule has 1 fully saturated rings. The molecule has 0 N–H and O–H groups in total. The number of fused-ring (bicyclic) bond motifs is 2. The van der Waals surface area contributed by atoms with Gasteiger partial charge in [-0.25, -0.2) is 8.42 Å². The van der Waals surface area contributed by atoms with E-state index in [4.69, 9.17) is 0 Å². The first-order chi connectivity index (χ1) is 7.69. The Kier molecular flexibility index (Phi) is 2.42. The highest BCUT2D eigenvalue weighted by atomic mass is 32.2. The molecule has 1 saturated heterocycles. The zero-order chi connectivity index (χ0) is 11.2. The predicted molar refractivity (Wildman–Crippen MR) is 63.9 cm³/mol. The summed E-state index contributed by atoms with van der Waals surface area (Å²) in [5.74, 6) is 0. The first-order valence-electron chi connectivity index (χ1n) is 5.43. The van der Waals surface area contributed by atoms with E-state index in [0.29, 0.717) is 4.21 Å². The van der Waals surface area contributed by atoms with Crippen molar-refractivity contribution in [2.75, 3.05) is 0 Å². The maximum atomic E-state index is 12.4. The van der Waals surface area contributed by atoms with Gasteiger partial charge in [-0.3, -0.25) is 0 Å². The molecule has 16 heavy (non-hydrogen) atoms. The van der Waals surface area contributed by atoms with Crippen molar-refractivity contribution in [3.8, 4) is 0 Å². The van der Waals surface area contributed by atoms with Crippen LogP contribution in [-0.2, 0) is 10.0 Å². The van der Waals surface area contributed by atoms with Crippen molar-refractivity contribution in [1.82, 2.24) is 4.31 Å². The van der Waals surface area contributed by atoms with E-state index in [2.05, 4.69) is 6.08 Å². The Morgan fingerprint density at radius 3 is 2.94 bits per heavy atom. The summed E-state index contributed by atoms with van der Waals surface area (Å²) in [6, 6.07) is 3.75. The second-order valence-corrected chi connectivity index (χ2v) is 7.25. The normalized spacial score (nSPS) is 29.8. The predicted octanol–water partition coefficient (Wildman–Crippen LogP) is 2.23. The van der Waals surface area contributed by atoms with Crippen LogP contribution in [0.1, 0.15) is 19.3 Å². The summed E-state index contributed by atoms with van der Waals surface area (Å²) in [6.45, 7) is 0. The molecule has 2 bridgehead atoms. The zero-order valence-corrected chi connectivity index (χ0v) is 10.4. The fraction of sp³-hybridized carbons (Fsp3) is 0.455. The van der Waals surface area contributed by atoms with Crippen LogP contribution in [0.15, 0.2) is 33.9 Å². The summed E-state index contributed by atoms with van der Waals surface area (Å²) >= 11 is 1.30. The van der Waals surface area contributed by atoms with Crippen LogP contribution in [0.25, 0.3) is 0 Å². The topological polar surface area (TPSA) is 37.4 Å². The van der Waals surface area contributed by atoms with Crippen molar-refractivity contribution in [1.29, 1.82) is 0 Å². The highest BCUT2D eigenvalue weighted by molar-refractivity contribution is 7.91. The van der Waals surface area contributed by atoms with Crippen LogP contribution in [0.4, 0.5) is 0 Å². The van der Waals surface area contributed by atoms with E-state index < -0.39 is 10.0 Å². The molecular weight excluding hydrogens is 242 g/mol. The minimum absolute atomic E-state index is 0.0887. The molecule has 1 aromatic heterocycles. The molecular formula is C11H13NO2S2. The van der Waals surface area contributed by atoms with Gasteiger partial charge in [-0.2, -0.15) is 4.31 Å². The number of nitrogens with zero attached hydrogens (tertiary/aromatic N) is 1. The Bertz CT molecular complexity index is 504. The quantitative estimate of drug-likeness (QED) is 0.760. The Morgan fingerprint density at radius 2 is 2.25 bits per heavy atom. The lowest BCUT2D eigenvalue weighted by atomic mass is 10.2. The molecule has 1 aromatic rings. The third-order valence-electron chi connectivity index (χ3n) is 3.28. The molecule has 0 radical (unpaired) electrons. The monoisotopic (exact) mass is 255 g/mol. The van der Waals surface area contributed by atoms with E-state index in [1.54, 1.807) is 16.4 Å². The van der Waals surface area contributed by atoms with Gasteiger partial charge in [0.2, 0.25) is 0 Å². The summed E-state index contributed by atoms with van der Waals surface area (Å²) in [5, 5.41) is 1.81. The Hall–Kier alpha value is -0.650. The van der Waals surface area contributed by atoms with Gasteiger partial charge in [-0.15, -0.1) is 11.3 Å². The van der Waals surface area contributed by atoms with Crippen LogP contribution in [0.5, 0.6) is 0 Å². The highest BCUT2D eigenvalue weighted by Gasteiger charge is 2.42. The van der Waals surface area contributed by atoms with Crippen molar-refractivity contribution in [3.63, 3.8) is 0 Å². The molecule has 0 aliphatic carbocycles. The Labute approximate surface area is 99.4 Å². The SMILES string of the molecule is O=S(=O)(c1cccs1)N1C2C=CCC1CC2. The summed E-state index contributed by atoms with van der Waals surface area (Å²) in [5.41, 5.74) is 0. The van der Waals surface area contributed by atoms with Gasteiger partial charge in [-0.05, 0) is 30.7 Å². The molecule has 0 aromatic carbocycles. The fourth-order valence-electron chi connectivity index (χ4n) is 2.57. The average molecular weight is 255 g/mol. The van der Waals surface area contributed by atoms with Crippen LogP contribution in [0, 0.1) is 0 Å². The fourth-order valence-corrected chi connectivity index (χ4v) is 5.51. The maximum Gasteiger partial charge on any atom is 0.253 e. The number of hydrogen-bond acceptors (Lipinski definition) is 3. The van der Waals surface area contributed by atoms with Gasteiger partial charge in [0, 0.05) is 12.1 Å². The largest absolute Gasteiger partial charge is 0.253 e. The van der Waals surface area contributed by atoms with Gasteiger partial charge in [-0.1, -0.05) is 18.2 Å². The van der Waals surface area contributed by atoms with Gasteiger partial charge in [0.15, 0.2) is 0 Å². The molecule has 0 amide bonds. The summed E-state index contributed by atoms with van der Waals surface area (Å²) < 4.78 is 27.0. The third-order valence-corrected chi connectivity index (χ3v) is 6.63. The molecule has 5 heteroatoms. The summed E-state index contributed by atoms with van der Waals surface area (Å²) in [4.78, 5) is 0. The van der Waals surface area contributed by atoms with Crippen LogP contribution in [-0.4, -0.2) is 24.8 Å². The number of rotatable bonds is 2. The lowest BCUT2D eigenvalue weighted by molar-refractivity contribution is 0.342.